The predicted octanol–water partition coefficient (Wildman–Crippen LogP) is 1.11. The number of hydrogen-bond acceptors (Lipinski definition) is 5. The molecule has 0 spiro atoms. The van der Waals surface area contributed by atoms with Gasteiger partial charge in [-0.05, 0) is 18.1 Å². The smallest absolute Gasteiger partial charge is 0.185 e. The SMILES string of the molecule is COCc1c(OC)cc2c(c1O)C(O)OCC2. The molecule has 0 radical (unpaired) electrons. The second kappa shape index (κ2) is 4.91. The third-order valence-corrected chi connectivity index (χ3v) is 2.89. The number of rotatable bonds is 3. The van der Waals surface area contributed by atoms with Crippen LogP contribution in [-0.2, 0) is 22.5 Å². The lowest BCUT2D eigenvalue weighted by Crippen LogP contribution is -2.17. The minimum absolute atomic E-state index is 0.00611. The topological polar surface area (TPSA) is 68.2 Å². The van der Waals surface area contributed by atoms with Crippen molar-refractivity contribution in [2.24, 2.45) is 0 Å². The molecular formula is C12H16O5. The van der Waals surface area contributed by atoms with Gasteiger partial charge in [-0.3, -0.25) is 0 Å². The van der Waals surface area contributed by atoms with Gasteiger partial charge in [-0.25, -0.2) is 0 Å². The van der Waals surface area contributed by atoms with E-state index in [0.29, 0.717) is 29.9 Å². The van der Waals surface area contributed by atoms with Crippen LogP contribution in [0.3, 0.4) is 0 Å². The first kappa shape index (κ1) is 12.2. The van der Waals surface area contributed by atoms with Crippen LogP contribution in [0.4, 0.5) is 0 Å². The van der Waals surface area contributed by atoms with Crippen molar-refractivity contribution in [3.63, 3.8) is 0 Å². The molecule has 2 rings (SSSR count). The second-order valence-electron chi connectivity index (χ2n) is 3.88. The maximum absolute atomic E-state index is 10.1. The summed E-state index contributed by atoms with van der Waals surface area (Å²) >= 11 is 0. The Kier molecular flexibility index (Phi) is 3.51. The fraction of sp³-hybridized carbons (Fsp3) is 0.500. The van der Waals surface area contributed by atoms with E-state index in [1.165, 1.54) is 14.2 Å². The van der Waals surface area contributed by atoms with Crippen molar-refractivity contribution >= 4 is 0 Å². The van der Waals surface area contributed by atoms with Crippen LogP contribution in [-0.4, -0.2) is 31.0 Å². The van der Waals surface area contributed by atoms with Crippen LogP contribution < -0.4 is 4.74 Å². The van der Waals surface area contributed by atoms with Crippen LogP contribution in [0.2, 0.25) is 0 Å². The van der Waals surface area contributed by atoms with E-state index in [0.717, 1.165) is 5.56 Å². The highest BCUT2D eigenvalue weighted by atomic mass is 16.6. The molecular weight excluding hydrogens is 224 g/mol. The van der Waals surface area contributed by atoms with Crippen molar-refractivity contribution < 1.29 is 24.4 Å². The third-order valence-electron chi connectivity index (χ3n) is 2.89. The number of aromatic hydroxyl groups is 1. The van der Waals surface area contributed by atoms with Gasteiger partial charge < -0.3 is 24.4 Å². The van der Waals surface area contributed by atoms with Crippen molar-refractivity contribution in [2.75, 3.05) is 20.8 Å². The number of fused-ring (bicyclic) bond motifs is 1. The molecule has 0 bridgehead atoms. The second-order valence-corrected chi connectivity index (χ2v) is 3.88. The van der Waals surface area contributed by atoms with Crippen LogP contribution in [0.15, 0.2) is 6.07 Å². The zero-order chi connectivity index (χ0) is 12.4. The largest absolute Gasteiger partial charge is 0.507 e. The molecule has 0 saturated carbocycles. The lowest BCUT2D eigenvalue weighted by molar-refractivity contribution is -0.111. The molecule has 1 aromatic rings. The monoisotopic (exact) mass is 240 g/mol. The maximum atomic E-state index is 10.1. The first-order valence-electron chi connectivity index (χ1n) is 5.39. The van der Waals surface area contributed by atoms with Gasteiger partial charge in [-0.1, -0.05) is 0 Å². The maximum Gasteiger partial charge on any atom is 0.185 e. The lowest BCUT2D eigenvalue weighted by atomic mass is 9.97. The normalized spacial score (nSPS) is 18.9. The summed E-state index contributed by atoms with van der Waals surface area (Å²) in [5.74, 6) is 0.561. The van der Waals surface area contributed by atoms with Gasteiger partial charge >= 0.3 is 0 Å². The Morgan fingerprint density at radius 2 is 2.24 bits per heavy atom. The molecule has 1 atom stereocenters. The number of phenols is 1. The molecule has 1 aliphatic rings. The van der Waals surface area contributed by atoms with Crippen molar-refractivity contribution in [3.8, 4) is 11.5 Å². The van der Waals surface area contributed by atoms with E-state index in [4.69, 9.17) is 14.2 Å². The van der Waals surface area contributed by atoms with E-state index in [1.54, 1.807) is 0 Å². The van der Waals surface area contributed by atoms with Gasteiger partial charge in [0.25, 0.3) is 0 Å². The number of benzene rings is 1. The number of aliphatic hydroxyl groups excluding tert-OH is 1. The molecule has 1 aromatic carbocycles. The first-order chi connectivity index (χ1) is 8.19. The van der Waals surface area contributed by atoms with Crippen molar-refractivity contribution in [1.82, 2.24) is 0 Å². The summed E-state index contributed by atoms with van der Waals surface area (Å²) in [6.45, 7) is 0.648. The summed E-state index contributed by atoms with van der Waals surface area (Å²) < 4.78 is 15.3. The summed E-state index contributed by atoms with van der Waals surface area (Å²) in [6.07, 6.45) is -0.441. The highest BCUT2D eigenvalue weighted by Crippen LogP contribution is 2.40. The number of methoxy groups -OCH3 is 2. The molecule has 0 fully saturated rings. The van der Waals surface area contributed by atoms with Crippen LogP contribution in [0.1, 0.15) is 23.0 Å². The minimum atomic E-state index is -1.08. The molecule has 17 heavy (non-hydrogen) atoms. The third kappa shape index (κ3) is 2.09. The van der Waals surface area contributed by atoms with Crippen LogP contribution in [0.25, 0.3) is 0 Å². The van der Waals surface area contributed by atoms with Gasteiger partial charge in [-0.15, -0.1) is 0 Å². The predicted molar refractivity (Wildman–Crippen MR) is 60.0 cm³/mol. The standard InChI is InChI=1S/C12H16O5/c1-15-6-8-9(16-2)5-7-3-4-17-12(14)10(7)11(8)13/h5,12-14H,3-4,6H2,1-2H3. The van der Waals surface area contributed by atoms with Crippen LogP contribution in [0.5, 0.6) is 11.5 Å². The number of hydrogen-bond donors (Lipinski definition) is 2. The van der Waals surface area contributed by atoms with E-state index in [9.17, 15) is 10.2 Å². The van der Waals surface area contributed by atoms with E-state index < -0.39 is 6.29 Å². The molecule has 94 valence electrons. The minimum Gasteiger partial charge on any atom is -0.507 e. The highest BCUT2D eigenvalue weighted by molar-refractivity contribution is 5.54. The highest BCUT2D eigenvalue weighted by Gasteiger charge is 2.26. The molecule has 5 nitrogen and oxygen atoms in total. The molecule has 2 N–H and O–H groups in total. The Bertz CT molecular complexity index is 416. The molecule has 1 aliphatic heterocycles. The van der Waals surface area contributed by atoms with Gasteiger partial charge in [0.15, 0.2) is 6.29 Å². The van der Waals surface area contributed by atoms with Gasteiger partial charge in [0, 0.05) is 7.11 Å². The molecule has 0 saturated heterocycles. The number of ether oxygens (including phenoxy) is 3. The Morgan fingerprint density at radius 3 is 2.88 bits per heavy atom. The molecule has 0 aliphatic carbocycles. The fourth-order valence-electron chi connectivity index (χ4n) is 2.07. The Labute approximate surface area is 99.5 Å². The molecule has 0 amide bonds. The average Bonchev–Trinajstić information content (AvgIpc) is 2.32. The van der Waals surface area contributed by atoms with E-state index in [1.807, 2.05) is 6.07 Å². The van der Waals surface area contributed by atoms with Gasteiger partial charge in [0.1, 0.15) is 11.5 Å². The Hall–Kier alpha value is -1.30. The van der Waals surface area contributed by atoms with Gasteiger partial charge in [0.05, 0.1) is 31.5 Å². The summed E-state index contributed by atoms with van der Waals surface area (Å²) in [6, 6.07) is 1.81. The quantitative estimate of drug-likeness (QED) is 0.828. The molecule has 1 heterocycles. The lowest BCUT2D eigenvalue weighted by Gasteiger charge is -2.25. The van der Waals surface area contributed by atoms with Crippen LogP contribution in [0, 0.1) is 0 Å². The summed E-state index contributed by atoms with van der Waals surface area (Å²) in [7, 11) is 3.07. The van der Waals surface area contributed by atoms with E-state index in [-0.39, 0.29) is 12.4 Å². The average molecular weight is 240 g/mol. The fourth-order valence-corrected chi connectivity index (χ4v) is 2.07. The molecule has 0 aromatic heterocycles. The summed E-state index contributed by atoms with van der Waals surface area (Å²) in [5.41, 5.74) is 1.79. The van der Waals surface area contributed by atoms with Crippen LogP contribution >= 0.6 is 0 Å². The Balaban J connectivity index is 2.56. The van der Waals surface area contributed by atoms with E-state index >= 15 is 0 Å². The zero-order valence-corrected chi connectivity index (χ0v) is 9.90. The summed E-state index contributed by atoms with van der Waals surface area (Å²) in [5, 5.41) is 19.9. The summed E-state index contributed by atoms with van der Waals surface area (Å²) in [4.78, 5) is 0. The Morgan fingerprint density at radius 1 is 1.47 bits per heavy atom. The van der Waals surface area contributed by atoms with Crippen molar-refractivity contribution in [2.45, 2.75) is 19.3 Å². The number of phenolic OH excluding ortho intramolecular Hbond substituents is 1. The first-order valence-corrected chi connectivity index (χ1v) is 5.39. The molecule has 5 heteroatoms. The zero-order valence-electron chi connectivity index (χ0n) is 9.90. The van der Waals surface area contributed by atoms with Crippen molar-refractivity contribution in [1.29, 1.82) is 0 Å². The van der Waals surface area contributed by atoms with Gasteiger partial charge in [0.2, 0.25) is 0 Å². The number of aliphatic hydroxyl groups is 1. The molecule has 1 unspecified atom stereocenters. The van der Waals surface area contributed by atoms with Crippen molar-refractivity contribution in [3.05, 3.63) is 22.8 Å². The van der Waals surface area contributed by atoms with E-state index in [2.05, 4.69) is 0 Å². The van der Waals surface area contributed by atoms with Gasteiger partial charge in [-0.2, -0.15) is 0 Å².